The Bertz CT molecular complexity index is 435. The predicted octanol–water partition coefficient (Wildman–Crippen LogP) is 5.96. The van der Waals surface area contributed by atoms with Crippen LogP contribution in [0, 0.1) is 0 Å². The largest absolute Gasteiger partial charge is 0.0654 e. The van der Waals surface area contributed by atoms with Crippen molar-refractivity contribution in [1.82, 2.24) is 0 Å². The second-order valence-corrected chi connectivity index (χ2v) is 7.21. The quantitative estimate of drug-likeness (QED) is 0.566. The summed E-state index contributed by atoms with van der Waals surface area (Å²) < 4.78 is 0. The summed E-state index contributed by atoms with van der Waals surface area (Å²) in [6, 6.07) is 2.60. The van der Waals surface area contributed by atoms with Crippen LogP contribution in [-0.4, -0.2) is 0 Å². The summed E-state index contributed by atoms with van der Waals surface area (Å²) in [5, 5.41) is 0. The van der Waals surface area contributed by atoms with E-state index < -0.39 is 0 Å². The van der Waals surface area contributed by atoms with Gasteiger partial charge in [-0.05, 0) is 92.0 Å². The molecule has 116 valence electrons. The van der Waals surface area contributed by atoms with Crippen molar-refractivity contribution in [1.29, 1.82) is 0 Å². The highest BCUT2D eigenvalue weighted by Gasteiger charge is 2.21. The lowest BCUT2D eigenvalue weighted by Crippen LogP contribution is -2.15. The van der Waals surface area contributed by atoms with Gasteiger partial charge in [0, 0.05) is 0 Å². The van der Waals surface area contributed by atoms with Crippen LogP contribution in [0.3, 0.4) is 0 Å². The molecule has 1 aromatic rings. The molecule has 0 nitrogen and oxygen atoms in total. The Morgan fingerprint density at radius 2 is 1.29 bits per heavy atom. The van der Waals surface area contributed by atoms with Crippen molar-refractivity contribution in [3.05, 3.63) is 33.9 Å². The average molecular weight is 284 g/mol. The van der Waals surface area contributed by atoms with E-state index in [9.17, 15) is 0 Å². The molecule has 0 saturated carbocycles. The summed E-state index contributed by atoms with van der Waals surface area (Å²) in [7, 11) is 0. The molecule has 0 amide bonds. The van der Waals surface area contributed by atoms with Gasteiger partial charge in [-0.2, -0.15) is 0 Å². The Hall–Kier alpha value is -0.780. The van der Waals surface area contributed by atoms with E-state index in [1.54, 1.807) is 22.3 Å². The zero-order valence-electron chi connectivity index (χ0n) is 14.0. The lowest BCUT2D eigenvalue weighted by molar-refractivity contribution is 0.611. The lowest BCUT2D eigenvalue weighted by Gasteiger charge is -2.27. The number of fused-ring (bicyclic) bond motifs is 2. The SMILES string of the molecule is CCCCCCCc1c2c(cc3c1CCCC3)CCCC2. The first-order valence-corrected chi connectivity index (χ1v) is 9.55. The van der Waals surface area contributed by atoms with Crippen LogP contribution in [0.5, 0.6) is 0 Å². The van der Waals surface area contributed by atoms with E-state index in [4.69, 9.17) is 0 Å². The van der Waals surface area contributed by atoms with Crippen LogP contribution >= 0.6 is 0 Å². The van der Waals surface area contributed by atoms with Gasteiger partial charge >= 0.3 is 0 Å². The Kier molecular flexibility index (Phi) is 5.38. The Morgan fingerprint density at radius 1 is 0.714 bits per heavy atom. The summed E-state index contributed by atoms with van der Waals surface area (Å²) in [5.74, 6) is 0. The number of aryl methyl sites for hydroxylation is 2. The molecule has 0 heterocycles. The van der Waals surface area contributed by atoms with Crippen LogP contribution < -0.4 is 0 Å². The highest BCUT2D eigenvalue weighted by atomic mass is 14.3. The maximum atomic E-state index is 2.60. The maximum Gasteiger partial charge on any atom is -0.0273 e. The molecule has 0 spiro atoms. The molecule has 1 aromatic carbocycles. The smallest absolute Gasteiger partial charge is 0.0273 e. The fourth-order valence-corrected chi connectivity index (χ4v) is 4.46. The van der Waals surface area contributed by atoms with Gasteiger partial charge in [-0.15, -0.1) is 0 Å². The van der Waals surface area contributed by atoms with Gasteiger partial charge in [-0.1, -0.05) is 38.7 Å². The van der Waals surface area contributed by atoms with Crippen LogP contribution in [0.2, 0.25) is 0 Å². The zero-order chi connectivity index (χ0) is 14.5. The third-order valence-corrected chi connectivity index (χ3v) is 5.63. The highest BCUT2D eigenvalue weighted by Crippen LogP contribution is 2.34. The first-order chi connectivity index (χ1) is 10.4. The third kappa shape index (κ3) is 3.52. The van der Waals surface area contributed by atoms with Crippen molar-refractivity contribution < 1.29 is 0 Å². The molecule has 21 heavy (non-hydrogen) atoms. The van der Waals surface area contributed by atoms with E-state index in [2.05, 4.69) is 13.0 Å². The molecule has 0 fully saturated rings. The van der Waals surface area contributed by atoms with E-state index >= 15 is 0 Å². The summed E-state index contributed by atoms with van der Waals surface area (Å²) >= 11 is 0. The molecule has 0 atom stereocenters. The molecule has 2 aliphatic rings. The van der Waals surface area contributed by atoms with E-state index in [1.165, 1.54) is 89.9 Å². The molecule has 0 bridgehead atoms. The second kappa shape index (κ2) is 7.47. The number of rotatable bonds is 6. The van der Waals surface area contributed by atoms with Crippen molar-refractivity contribution in [2.75, 3.05) is 0 Å². The average Bonchev–Trinajstić information content (AvgIpc) is 2.53. The van der Waals surface area contributed by atoms with Crippen LogP contribution in [0.4, 0.5) is 0 Å². The minimum absolute atomic E-state index is 1.35. The number of hydrogen-bond donors (Lipinski definition) is 0. The molecular formula is C21H32. The van der Waals surface area contributed by atoms with Gasteiger partial charge in [0.25, 0.3) is 0 Å². The van der Waals surface area contributed by atoms with Crippen molar-refractivity contribution in [3.8, 4) is 0 Å². The van der Waals surface area contributed by atoms with Gasteiger partial charge < -0.3 is 0 Å². The van der Waals surface area contributed by atoms with Crippen LogP contribution in [0.1, 0.15) is 92.5 Å². The van der Waals surface area contributed by atoms with Gasteiger partial charge in [-0.3, -0.25) is 0 Å². The third-order valence-electron chi connectivity index (χ3n) is 5.63. The monoisotopic (exact) mass is 284 g/mol. The van der Waals surface area contributed by atoms with Crippen LogP contribution in [0.15, 0.2) is 6.07 Å². The fraction of sp³-hybridized carbons (Fsp3) is 0.714. The van der Waals surface area contributed by atoms with Crippen LogP contribution in [-0.2, 0) is 32.1 Å². The molecule has 0 saturated heterocycles. The van der Waals surface area contributed by atoms with Crippen molar-refractivity contribution in [2.45, 2.75) is 96.8 Å². The first kappa shape index (κ1) is 15.1. The van der Waals surface area contributed by atoms with Crippen molar-refractivity contribution in [3.63, 3.8) is 0 Å². The minimum Gasteiger partial charge on any atom is -0.0654 e. The number of unbranched alkanes of at least 4 members (excludes halogenated alkanes) is 4. The predicted molar refractivity (Wildman–Crippen MR) is 92.2 cm³/mol. The van der Waals surface area contributed by atoms with Gasteiger partial charge in [0.05, 0.1) is 0 Å². The van der Waals surface area contributed by atoms with Crippen LogP contribution in [0.25, 0.3) is 0 Å². The zero-order valence-corrected chi connectivity index (χ0v) is 14.0. The van der Waals surface area contributed by atoms with Gasteiger partial charge in [0.2, 0.25) is 0 Å². The van der Waals surface area contributed by atoms with Crippen molar-refractivity contribution in [2.24, 2.45) is 0 Å². The molecule has 0 unspecified atom stereocenters. The molecule has 3 rings (SSSR count). The van der Waals surface area contributed by atoms with Gasteiger partial charge in [0.15, 0.2) is 0 Å². The van der Waals surface area contributed by atoms with Gasteiger partial charge in [-0.25, -0.2) is 0 Å². The number of hydrogen-bond acceptors (Lipinski definition) is 0. The van der Waals surface area contributed by atoms with Crippen molar-refractivity contribution >= 4 is 0 Å². The molecule has 0 aromatic heterocycles. The van der Waals surface area contributed by atoms with E-state index in [0.717, 1.165) is 0 Å². The topological polar surface area (TPSA) is 0 Å². The normalized spacial score (nSPS) is 17.4. The summed E-state index contributed by atoms with van der Waals surface area (Å²) in [6.07, 6.45) is 19.6. The Labute approximate surface area is 131 Å². The molecule has 0 heteroatoms. The second-order valence-electron chi connectivity index (χ2n) is 7.21. The Morgan fingerprint density at radius 3 is 1.90 bits per heavy atom. The van der Waals surface area contributed by atoms with E-state index in [-0.39, 0.29) is 0 Å². The van der Waals surface area contributed by atoms with E-state index in [1.807, 2.05) is 5.56 Å². The lowest BCUT2D eigenvalue weighted by atomic mass is 9.78. The molecule has 0 aliphatic heterocycles. The number of benzene rings is 1. The summed E-state index contributed by atoms with van der Waals surface area (Å²) in [5.41, 5.74) is 8.85. The maximum absolute atomic E-state index is 2.60. The molecule has 0 N–H and O–H groups in total. The summed E-state index contributed by atoms with van der Waals surface area (Å²) in [6.45, 7) is 2.31. The molecule has 0 radical (unpaired) electrons. The first-order valence-electron chi connectivity index (χ1n) is 9.55. The molecule has 2 aliphatic carbocycles. The molecular weight excluding hydrogens is 252 g/mol. The standard InChI is InChI=1S/C21H32/c1-2-3-4-5-6-15-21-19-13-9-7-11-17(19)16-18-12-8-10-14-20(18)21/h16H,2-15H2,1H3. The Balaban J connectivity index is 1.79. The van der Waals surface area contributed by atoms with Gasteiger partial charge in [0.1, 0.15) is 0 Å². The minimum atomic E-state index is 1.35. The fourth-order valence-electron chi connectivity index (χ4n) is 4.46. The summed E-state index contributed by atoms with van der Waals surface area (Å²) in [4.78, 5) is 0. The van der Waals surface area contributed by atoms with E-state index in [0.29, 0.717) is 0 Å². The highest BCUT2D eigenvalue weighted by molar-refractivity contribution is 5.48.